The van der Waals surface area contributed by atoms with Crippen molar-refractivity contribution in [3.05, 3.63) is 70.8 Å². The summed E-state index contributed by atoms with van der Waals surface area (Å²) in [5.74, 6) is 0. The number of methoxy groups -OCH3 is 1. The summed E-state index contributed by atoms with van der Waals surface area (Å²) in [5.41, 5.74) is 4.81. The second-order valence-corrected chi connectivity index (χ2v) is 7.09. The summed E-state index contributed by atoms with van der Waals surface area (Å²) in [7, 11) is 1.74. The van der Waals surface area contributed by atoms with Crippen LogP contribution < -0.4 is 0 Å². The first-order valence-electron chi connectivity index (χ1n) is 8.21. The van der Waals surface area contributed by atoms with Gasteiger partial charge in [0.2, 0.25) is 0 Å². The van der Waals surface area contributed by atoms with E-state index in [4.69, 9.17) is 4.74 Å². The van der Waals surface area contributed by atoms with Crippen molar-refractivity contribution >= 4 is 44.4 Å². The van der Waals surface area contributed by atoms with Gasteiger partial charge in [-0.05, 0) is 40.8 Å². The molecule has 0 amide bonds. The van der Waals surface area contributed by atoms with E-state index in [1.807, 2.05) is 6.08 Å². The molecule has 0 bridgehead atoms. The van der Waals surface area contributed by atoms with Gasteiger partial charge in [-0.1, -0.05) is 42.5 Å². The Balaban J connectivity index is 2.09. The van der Waals surface area contributed by atoms with Gasteiger partial charge in [-0.15, -0.1) is 6.58 Å². The van der Waals surface area contributed by atoms with Crippen molar-refractivity contribution in [3.8, 4) is 11.4 Å². The monoisotopic (exact) mass is 442 g/mol. The van der Waals surface area contributed by atoms with E-state index in [-0.39, 0.29) is 0 Å². The summed E-state index contributed by atoms with van der Waals surface area (Å²) < 4.78 is 11.3. The van der Waals surface area contributed by atoms with Crippen molar-refractivity contribution in [1.29, 1.82) is 0 Å². The Hall–Kier alpha value is -2.05. The number of halogens is 1. The van der Waals surface area contributed by atoms with E-state index >= 15 is 0 Å². The van der Waals surface area contributed by atoms with E-state index in [2.05, 4.69) is 92.9 Å². The molecule has 2 aromatic carbocycles. The lowest BCUT2D eigenvalue weighted by molar-refractivity contribution is 0.136. The van der Waals surface area contributed by atoms with Crippen LogP contribution in [0.15, 0.2) is 67.3 Å². The van der Waals surface area contributed by atoms with Gasteiger partial charge >= 0.3 is 0 Å². The first-order chi connectivity index (χ1) is 12.3. The van der Waals surface area contributed by atoms with Crippen LogP contribution in [0.1, 0.15) is 0 Å². The molecule has 0 aliphatic heterocycles. The van der Waals surface area contributed by atoms with Crippen LogP contribution in [0.25, 0.3) is 33.2 Å². The lowest BCUT2D eigenvalue weighted by atomic mass is 10.2. The molecule has 0 unspecified atom stereocenters. The maximum absolute atomic E-state index is 5.50. The van der Waals surface area contributed by atoms with Gasteiger partial charge in [0.05, 0.1) is 16.9 Å². The van der Waals surface area contributed by atoms with Crippen LogP contribution in [0.4, 0.5) is 0 Å². The number of hydrogen-bond donors (Lipinski definition) is 0. The summed E-state index contributed by atoms with van der Waals surface area (Å²) in [6.07, 6.45) is 1.95. The highest BCUT2D eigenvalue weighted by Crippen LogP contribution is 2.37. The van der Waals surface area contributed by atoms with Crippen LogP contribution >= 0.6 is 22.6 Å². The van der Waals surface area contributed by atoms with E-state index in [0.717, 1.165) is 6.54 Å². The van der Waals surface area contributed by atoms with Gasteiger partial charge in [0, 0.05) is 33.5 Å². The Labute approximate surface area is 160 Å². The predicted octanol–water partition coefficient (Wildman–Crippen LogP) is 5.66. The topological polar surface area (TPSA) is 19.1 Å². The number of hydrogen-bond acceptors (Lipinski definition) is 1. The minimum absolute atomic E-state index is 0.522. The van der Waals surface area contributed by atoms with Crippen molar-refractivity contribution < 1.29 is 4.74 Å². The zero-order valence-electron chi connectivity index (χ0n) is 14.1. The van der Waals surface area contributed by atoms with E-state index in [0.29, 0.717) is 6.73 Å². The molecule has 0 saturated carbocycles. The van der Waals surface area contributed by atoms with Gasteiger partial charge in [0.1, 0.15) is 6.73 Å². The first kappa shape index (κ1) is 16.4. The molecular formula is C21H19IN2O. The lowest BCUT2D eigenvalue weighted by Gasteiger charge is -2.13. The summed E-state index contributed by atoms with van der Waals surface area (Å²) in [5, 5.41) is 2.50. The average molecular weight is 442 g/mol. The molecule has 0 radical (unpaired) electrons. The third-order valence-electron chi connectivity index (χ3n) is 4.53. The molecule has 4 aromatic rings. The minimum atomic E-state index is 0.522. The normalized spacial score (nSPS) is 11.4. The number of allylic oxidation sites excluding steroid dienone is 1. The number of ether oxygens (including phenoxy) is 1. The zero-order chi connectivity index (χ0) is 17.4. The number of aromatic nitrogens is 2. The smallest absolute Gasteiger partial charge is 0.123 e. The molecule has 0 aliphatic carbocycles. The second kappa shape index (κ2) is 6.69. The van der Waals surface area contributed by atoms with Crippen molar-refractivity contribution in [2.45, 2.75) is 13.3 Å². The molecule has 2 heterocycles. The molecule has 4 heteroatoms. The third kappa shape index (κ3) is 2.60. The Morgan fingerprint density at radius 2 is 1.76 bits per heavy atom. The maximum Gasteiger partial charge on any atom is 0.123 e. The molecule has 0 aliphatic rings. The fourth-order valence-corrected chi connectivity index (χ4v) is 4.53. The van der Waals surface area contributed by atoms with E-state index in [1.54, 1.807) is 7.11 Å². The highest BCUT2D eigenvalue weighted by molar-refractivity contribution is 14.1. The second-order valence-electron chi connectivity index (χ2n) is 6.01. The first-order valence-corrected chi connectivity index (χ1v) is 9.29. The summed E-state index contributed by atoms with van der Waals surface area (Å²) in [6, 6.07) is 19.2. The Morgan fingerprint density at radius 1 is 1.04 bits per heavy atom. The van der Waals surface area contributed by atoms with Crippen LogP contribution in [-0.4, -0.2) is 16.2 Å². The van der Waals surface area contributed by atoms with Gasteiger partial charge in [-0.25, -0.2) is 0 Å². The fraction of sp³-hybridized carbons (Fsp3) is 0.143. The van der Waals surface area contributed by atoms with Crippen molar-refractivity contribution in [1.82, 2.24) is 9.13 Å². The molecule has 0 fully saturated rings. The number of fused-ring (bicyclic) bond motifs is 2. The van der Waals surface area contributed by atoms with E-state index < -0.39 is 0 Å². The summed E-state index contributed by atoms with van der Waals surface area (Å²) in [4.78, 5) is 0. The molecule has 126 valence electrons. The molecule has 2 aromatic heterocycles. The van der Waals surface area contributed by atoms with Crippen molar-refractivity contribution in [3.63, 3.8) is 0 Å². The van der Waals surface area contributed by atoms with Crippen LogP contribution in [0.5, 0.6) is 0 Å². The minimum Gasteiger partial charge on any atom is -0.364 e. The fourth-order valence-electron chi connectivity index (χ4n) is 3.51. The third-order valence-corrected chi connectivity index (χ3v) is 5.62. The van der Waals surface area contributed by atoms with Crippen LogP contribution in [0, 0.1) is 3.57 Å². The number of rotatable bonds is 5. The molecule has 3 nitrogen and oxygen atoms in total. The molecular weight excluding hydrogens is 423 g/mol. The van der Waals surface area contributed by atoms with Gasteiger partial charge < -0.3 is 13.9 Å². The number of para-hydroxylation sites is 2. The highest BCUT2D eigenvalue weighted by atomic mass is 127. The highest BCUT2D eigenvalue weighted by Gasteiger charge is 2.20. The van der Waals surface area contributed by atoms with Crippen LogP contribution in [-0.2, 0) is 18.0 Å². The van der Waals surface area contributed by atoms with Crippen molar-refractivity contribution in [2.24, 2.45) is 0 Å². The molecule has 0 atom stereocenters. The Bertz CT molecular complexity index is 1070. The predicted molar refractivity (Wildman–Crippen MR) is 113 cm³/mol. The molecule has 0 N–H and O–H groups in total. The van der Waals surface area contributed by atoms with Gasteiger partial charge in [0.15, 0.2) is 0 Å². The molecule has 0 saturated heterocycles. The quantitative estimate of drug-likeness (QED) is 0.289. The van der Waals surface area contributed by atoms with Crippen LogP contribution in [0.2, 0.25) is 0 Å². The number of nitrogens with zero attached hydrogens (tertiary/aromatic N) is 2. The van der Waals surface area contributed by atoms with Crippen molar-refractivity contribution in [2.75, 3.05) is 7.11 Å². The largest absolute Gasteiger partial charge is 0.364 e. The lowest BCUT2D eigenvalue weighted by Crippen LogP contribution is -2.06. The maximum atomic E-state index is 5.50. The van der Waals surface area contributed by atoms with E-state index in [9.17, 15) is 0 Å². The molecule has 25 heavy (non-hydrogen) atoms. The Kier molecular flexibility index (Phi) is 4.39. The Morgan fingerprint density at radius 3 is 2.52 bits per heavy atom. The SMILES string of the molecule is C=CCn1c(-c2cc3ccccc3n2COC)c(I)c2ccccc21. The summed E-state index contributed by atoms with van der Waals surface area (Å²) in [6.45, 7) is 5.25. The van der Waals surface area contributed by atoms with Gasteiger partial charge in [-0.2, -0.15) is 0 Å². The average Bonchev–Trinajstić information content (AvgIpc) is 3.12. The number of benzene rings is 2. The standard InChI is InChI=1S/C21H19IN2O/c1-3-12-23-18-11-7-5-9-16(18)20(22)21(23)19-13-15-8-4-6-10-17(15)24(19)14-25-2/h3-11,13H,1,12,14H2,2H3. The van der Waals surface area contributed by atoms with Gasteiger partial charge in [-0.3, -0.25) is 0 Å². The summed E-state index contributed by atoms with van der Waals surface area (Å²) >= 11 is 2.46. The van der Waals surface area contributed by atoms with E-state index in [1.165, 1.54) is 36.8 Å². The van der Waals surface area contributed by atoms with Crippen LogP contribution in [0.3, 0.4) is 0 Å². The molecule has 4 rings (SSSR count). The zero-order valence-corrected chi connectivity index (χ0v) is 16.2. The van der Waals surface area contributed by atoms with Gasteiger partial charge in [0.25, 0.3) is 0 Å². The molecule has 0 spiro atoms.